The molecule has 1 atom stereocenters. The molecule has 0 aromatic heterocycles. The number of rotatable bonds is 3. The molecule has 96 valence electrons. The quantitative estimate of drug-likeness (QED) is 0.840. The fourth-order valence-electron chi connectivity index (χ4n) is 1.86. The molecule has 0 saturated carbocycles. The van der Waals surface area contributed by atoms with Crippen molar-refractivity contribution in [2.45, 2.75) is 17.4 Å². The third-order valence-electron chi connectivity index (χ3n) is 2.74. The highest BCUT2D eigenvalue weighted by Crippen LogP contribution is 2.24. The Bertz CT molecular complexity index is 581. The molecule has 0 unspecified atom stereocenters. The van der Waals surface area contributed by atoms with Gasteiger partial charge in [-0.15, -0.1) is 0 Å². The van der Waals surface area contributed by atoms with E-state index in [4.69, 9.17) is 5.11 Å². The number of ketones is 1. The number of carbonyl (C=O) groups excluding carboxylic acids is 1. The van der Waals surface area contributed by atoms with Gasteiger partial charge in [-0.25, -0.2) is 8.42 Å². The lowest BCUT2D eigenvalue weighted by molar-refractivity contribution is -0.141. The van der Waals surface area contributed by atoms with Crippen molar-refractivity contribution in [3.8, 4) is 0 Å². The van der Waals surface area contributed by atoms with E-state index in [1.165, 1.54) is 12.1 Å². The van der Waals surface area contributed by atoms with Crippen molar-refractivity contribution in [2.24, 2.45) is 0 Å². The fraction of sp³-hybridized carbons (Fsp3) is 0.273. The summed E-state index contributed by atoms with van der Waals surface area (Å²) in [6, 6.07) is 6.18. The lowest BCUT2D eigenvalue weighted by atomic mass is 10.2. The first-order valence-corrected chi connectivity index (χ1v) is 6.68. The summed E-state index contributed by atoms with van der Waals surface area (Å²) in [7, 11) is -3.93. The number of hydrogen-bond donors (Lipinski definition) is 1. The zero-order valence-corrected chi connectivity index (χ0v) is 10.1. The van der Waals surface area contributed by atoms with Gasteiger partial charge in [0, 0.05) is 6.42 Å². The van der Waals surface area contributed by atoms with Gasteiger partial charge in [0.2, 0.25) is 10.0 Å². The van der Waals surface area contributed by atoms with Gasteiger partial charge in [-0.05, 0) is 12.1 Å². The van der Waals surface area contributed by atoms with Gasteiger partial charge in [0.1, 0.15) is 11.8 Å². The molecule has 1 aromatic carbocycles. The highest BCUT2D eigenvalue weighted by atomic mass is 32.2. The van der Waals surface area contributed by atoms with E-state index in [9.17, 15) is 18.0 Å². The summed E-state index contributed by atoms with van der Waals surface area (Å²) in [4.78, 5) is 22.2. The molecule has 0 aliphatic carbocycles. The number of carboxylic acid groups (broad SMARTS) is 1. The third-order valence-corrected chi connectivity index (χ3v) is 4.60. The van der Waals surface area contributed by atoms with Crippen LogP contribution in [-0.4, -0.2) is 42.2 Å². The smallest absolute Gasteiger partial charge is 0.322 e. The number of aliphatic carboxylic acids is 1. The van der Waals surface area contributed by atoms with Crippen LogP contribution in [0.3, 0.4) is 0 Å². The lowest BCUT2D eigenvalue weighted by Crippen LogP contribution is -2.40. The second kappa shape index (κ2) is 4.51. The normalized spacial score (nSPS) is 21.1. The fourth-order valence-corrected chi connectivity index (χ4v) is 3.44. The maximum absolute atomic E-state index is 12.2. The first-order valence-electron chi connectivity index (χ1n) is 5.24. The second-order valence-corrected chi connectivity index (χ2v) is 5.85. The molecule has 0 spiro atoms. The molecule has 0 bridgehead atoms. The number of carboxylic acids is 1. The van der Waals surface area contributed by atoms with Crippen LogP contribution in [0.2, 0.25) is 0 Å². The Hall–Kier alpha value is -1.73. The van der Waals surface area contributed by atoms with E-state index in [1.807, 2.05) is 0 Å². The van der Waals surface area contributed by atoms with E-state index >= 15 is 0 Å². The summed E-state index contributed by atoms with van der Waals surface area (Å²) in [5, 5.41) is 8.95. The molecule has 1 aliphatic heterocycles. The highest BCUT2D eigenvalue weighted by molar-refractivity contribution is 7.89. The van der Waals surface area contributed by atoms with E-state index in [0.717, 1.165) is 4.31 Å². The van der Waals surface area contributed by atoms with Crippen LogP contribution in [0.15, 0.2) is 35.2 Å². The van der Waals surface area contributed by atoms with Crippen molar-refractivity contribution < 1.29 is 23.1 Å². The number of benzene rings is 1. The Labute approximate surface area is 104 Å². The Kier molecular flexibility index (Phi) is 3.18. The molecular weight excluding hydrogens is 258 g/mol. The van der Waals surface area contributed by atoms with E-state index in [2.05, 4.69) is 0 Å². The van der Waals surface area contributed by atoms with Crippen LogP contribution >= 0.6 is 0 Å². The maximum atomic E-state index is 12.2. The summed E-state index contributed by atoms with van der Waals surface area (Å²) < 4.78 is 25.2. The van der Waals surface area contributed by atoms with Crippen LogP contribution in [0.1, 0.15) is 6.42 Å². The standard InChI is InChI=1S/C11H11NO5S/c13-8-6-10(11(14)15)12(7-8)18(16,17)9-4-2-1-3-5-9/h1-5,10H,6-7H2,(H,14,15)/t10-/m0/s1. The van der Waals surface area contributed by atoms with Crippen molar-refractivity contribution in [1.82, 2.24) is 4.31 Å². The van der Waals surface area contributed by atoms with Crippen LogP contribution in [0, 0.1) is 0 Å². The largest absolute Gasteiger partial charge is 0.480 e. The number of nitrogens with zero attached hydrogens (tertiary/aromatic N) is 1. The average Bonchev–Trinajstić information content (AvgIpc) is 2.73. The summed E-state index contributed by atoms with van der Waals surface area (Å²) in [6.07, 6.45) is -0.276. The van der Waals surface area contributed by atoms with E-state index in [-0.39, 0.29) is 23.6 Å². The van der Waals surface area contributed by atoms with Crippen LogP contribution in [0.5, 0.6) is 0 Å². The maximum Gasteiger partial charge on any atom is 0.322 e. The van der Waals surface area contributed by atoms with E-state index in [0.29, 0.717) is 0 Å². The van der Waals surface area contributed by atoms with Gasteiger partial charge >= 0.3 is 5.97 Å². The zero-order valence-electron chi connectivity index (χ0n) is 9.31. The average molecular weight is 269 g/mol. The van der Waals surface area contributed by atoms with Gasteiger partial charge in [-0.1, -0.05) is 18.2 Å². The van der Waals surface area contributed by atoms with Gasteiger partial charge in [-0.2, -0.15) is 4.31 Å². The lowest BCUT2D eigenvalue weighted by Gasteiger charge is -2.19. The molecule has 6 nitrogen and oxygen atoms in total. The molecule has 1 heterocycles. The monoisotopic (exact) mass is 269 g/mol. The zero-order chi connectivity index (χ0) is 13.3. The van der Waals surface area contributed by atoms with Crippen LogP contribution < -0.4 is 0 Å². The van der Waals surface area contributed by atoms with Crippen LogP contribution in [0.4, 0.5) is 0 Å². The van der Waals surface area contributed by atoms with Crippen LogP contribution in [-0.2, 0) is 19.6 Å². The summed E-state index contributed by atoms with van der Waals surface area (Å²) in [5.41, 5.74) is 0. The molecule has 1 fully saturated rings. The van der Waals surface area contributed by atoms with Gasteiger partial charge in [0.25, 0.3) is 0 Å². The minimum absolute atomic E-state index is 0.00838. The molecular formula is C11H11NO5S. The predicted molar refractivity (Wildman–Crippen MR) is 61.4 cm³/mol. The minimum Gasteiger partial charge on any atom is -0.480 e. The molecule has 1 saturated heterocycles. The van der Waals surface area contributed by atoms with Crippen molar-refractivity contribution in [3.05, 3.63) is 30.3 Å². The minimum atomic E-state index is -3.93. The Balaban J connectivity index is 2.41. The van der Waals surface area contributed by atoms with E-state index < -0.39 is 22.0 Å². The molecule has 18 heavy (non-hydrogen) atoms. The molecule has 2 rings (SSSR count). The Morgan fingerprint density at radius 3 is 2.44 bits per heavy atom. The number of hydrogen-bond acceptors (Lipinski definition) is 4. The predicted octanol–water partition coefficient (Wildman–Crippen LogP) is 0.103. The molecule has 0 amide bonds. The Morgan fingerprint density at radius 1 is 1.28 bits per heavy atom. The van der Waals surface area contributed by atoms with Crippen molar-refractivity contribution in [3.63, 3.8) is 0 Å². The van der Waals surface area contributed by atoms with Gasteiger partial charge in [0.05, 0.1) is 11.4 Å². The number of Topliss-reactive ketones (excluding diaryl/α,β-unsaturated/α-hetero) is 1. The van der Waals surface area contributed by atoms with Crippen molar-refractivity contribution in [1.29, 1.82) is 0 Å². The number of sulfonamides is 1. The SMILES string of the molecule is O=C1C[C@@H](C(=O)O)N(S(=O)(=O)c2ccccc2)C1. The van der Waals surface area contributed by atoms with Crippen LogP contribution in [0.25, 0.3) is 0 Å². The first kappa shape index (κ1) is 12.7. The molecule has 0 radical (unpaired) electrons. The van der Waals surface area contributed by atoms with Gasteiger partial charge in [0.15, 0.2) is 0 Å². The molecule has 1 aromatic rings. The highest BCUT2D eigenvalue weighted by Gasteiger charge is 2.43. The van der Waals surface area contributed by atoms with Crippen molar-refractivity contribution in [2.75, 3.05) is 6.54 Å². The summed E-state index contributed by atoms with van der Waals surface area (Å²) in [6.45, 7) is -0.381. The Morgan fingerprint density at radius 2 is 1.89 bits per heavy atom. The summed E-state index contributed by atoms with van der Waals surface area (Å²) in [5.74, 6) is -1.69. The van der Waals surface area contributed by atoms with Gasteiger partial charge in [-0.3, -0.25) is 9.59 Å². The summed E-state index contributed by atoms with van der Waals surface area (Å²) >= 11 is 0. The molecule has 1 aliphatic rings. The first-order chi connectivity index (χ1) is 8.43. The van der Waals surface area contributed by atoms with Crippen molar-refractivity contribution >= 4 is 21.8 Å². The topological polar surface area (TPSA) is 91.8 Å². The third kappa shape index (κ3) is 2.14. The molecule has 7 heteroatoms. The number of carbonyl (C=O) groups is 2. The van der Waals surface area contributed by atoms with E-state index in [1.54, 1.807) is 18.2 Å². The van der Waals surface area contributed by atoms with Gasteiger partial charge < -0.3 is 5.11 Å². The molecule has 1 N–H and O–H groups in total. The second-order valence-electron chi connectivity index (χ2n) is 3.96.